The minimum absolute atomic E-state index is 0.256. The van der Waals surface area contributed by atoms with Crippen LogP contribution >= 0.6 is 0 Å². The Hall–Kier alpha value is -3.74. The van der Waals surface area contributed by atoms with E-state index in [-0.39, 0.29) is 5.69 Å². The van der Waals surface area contributed by atoms with Gasteiger partial charge in [-0.25, -0.2) is 13.8 Å². The normalized spacial score (nSPS) is 15.6. The van der Waals surface area contributed by atoms with Gasteiger partial charge in [-0.3, -0.25) is 9.78 Å². The van der Waals surface area contributed by atoms with Crippen molar-refractivity contribution in [2.45, 2.75) is 25.9 Å². The van der Waals surface area contributed by atoms with E-state index in [4.69, 9.17) is 4.74 Å². The van der Waals surface area contributed by atoms with Crippen LogP contribution < -0.4 is 16.0 Å². The first-order chi connectivity index (χ1) is 14.5. The summed E-state index contributed by atoms with van der Waals surface area (Å²) >= 11 is 0. The highest BCUT2D eigenvalue weighted by molar-refractivity contribution is 5.77. The largest absolute Gasteiger partial charge is 0.484 e. The molecule has 0 fully saturated rings. The number of ether oxygens (including phenoxy) is 1. The summed E-state index contributed by atoms with van der Waals surface area (Å²) in [6.07, 6.45) is 2.28. The second-order valence-electron chi connectivity index (χ2n) is 7.38. The first-order valence-electron chi connectivity index (χ1n) is 9.68. The van der Waals surface area contributed by atoms with Gasteiger partial charge in [0.25, 0.3) is 5.56 Å². The van der Waals surface area contributed by atoms with E-state index in [1.807, 2.05) is 13.0 Å². The predicted molar refractivity (Wildman–Crippen MR) is 111 cm³/mol. The van der Waals surface area contributed by atoms with Crippen molar-refractivity contribution in [1.29, 1.82) is 0 Å². The van der Waals surface area contributed by atoms with Gasteiger partial charge >= 0.3 is 5.69 Å². The maximum atomic E-state index is 14.2. The Labute approximate surface area is 170 Å². The maximum Gasteiger partial charge on any atom is 0.333 e. The molecular formula is C23H18FN3O3. The number of para-hydroxylation sites is 1. The Balaban J connectivity index is 1.64. The first kappa shape index (κ1) is 18.3. The smallest absolute Gasteiger partial charge is 0.333 e. The number of pyridine rings is 1. The number of nitrogens with one attached hydrogen (secondary N) is 1. The van der Waals surface area contributed by atoms with Crippen LogP contribution in [-0.2, 0) is 6.42 Å². The van der Waals surface area contributed by atoms with Crippen LogP contribution in [0.25, 0.3) is 16.6 Å². The molecule has 0 radical (unpaired) electrons. The van der Waals surface area contributed by atoms with Crippen molar-refractivity contribution < 1.29 is 9.13 Å². The molecule has 0 aliphatic carbocycles. The van der Waals surface area contributed by atoms with E-state index in [0.717, 1.165) is 15.7 Å². The zero-order chi connectivity index (χ0) is 20.8. The molecule has 30 heavy (non-hydrogen) atoms. The molecule has 6 nitrogen and oxygen atoms in total. The number of hydrogen-bond acceptors (Lipinski definition) is 4. The molecule has 1 atom stereocenters. The minimum Gasteiger partial charge on any atom is -0.484 e. The predicted octanol–water partition coefficient (Wildman–Crippen LogP) is 3.59. The molecule has 3 heterocycles. The van der Waals surface area contributed by atoms with E-state index in [1.165, 1.54) is 18.3 Å². The van der Waals surface area contributed by atoms with E-state index in [1.54, 1.807) is 30.3 Å². The monoisotopic (exact) mass is 403 g/mol. The lowest BCUT2D eigenvalue weighted by atomic mass is 9.97. The summed E-state index contributed by atoms with van der Waals surface area (Å²) in [4.78, 5) is 32.6. The van der Waals surface area contributed by atoms with Crippen molar-refractivity contribution in [3.8, 4) is 11.4 Å². The molecule has 1 aliphatic heterocycles. The summed E-state index contributed by atoms with van der Waals surface area (Å²) in [7, 11) is 0. The molecule has 1 unspecified atom stereocenters. The lowest BCUT2D eigenvalue weighted by molar-refractivity contribution is 0.167. The van der Waals surface area contributed by atoms with E-state index >= 15 is 0 Å². The van der Waals surface area contributed by atoms with Crippen molar-refractivity contribution >= 4 is 10.9 Å². The topological polar surface area (TPSA) is 77.0 Å². The summed E-state index contributed by atoms with van der Waals surface area (Å²) in [5.41, 5.74) is 1.99. The minimum atomic E-state index is -0.527. The van der Waals surface area contributed by atoms with E-state index in [2.05, 4.69) is 9.97 Å². The SMILES string of the molecule is Cc1cc2c(cc1-n1c(=O)[nH]c3ccccc3c1=O)OC(c1ncccc1F)CC2. The van der Waals surface area contributed by atoms with Gasteiger partial charge in [0.2, 0.25) is 0 Å². The van der Waals surface area contributed by atoms with Gasteiger partial charge in [-0.2, -0.15) is 0 Å². The van der Waals surface area contributed by atoms with Crippen LogP contribution in [0, 0.1) is 12.7 Å². The molecule has 2 aromatic heterocycles. The lowest BCUT2D eigenvalue weighted by Gasteiger charge is -2.27. The highest BCUT2D eigenvalue weighted by atomic mass is 19.1. The number of aryl methyl sites for hydroxylation is 2. The molecule has 0 amide bonds. The van der Waals surface area contributed by atoms with E-state index in [0.29, 0.717) is 35.2 Å². The molecule has 150 valence electrons. The Morgan fingerprint density at radius 2 is 2.00 bits per heavy atom. The number of aromatic nitrogens is 3. The quantitative estimate of drug-likeness (QED) is 0.555. The van der Waals surface area contributed by atoms with Gasteiger partial charge in [0, 0.05) is 12.3 Å². The maximum absolute atomic E-state index is 14.2. The van der Waals surface area contributed by atoms with E-state index in [9.17, 15) is 14.0 Å². The van der Waals surface area contributed by atoms with Gasteiger partial charge in [0.15, 0.2) is 0 Å². The number of fused-ring (bicyclic) bond motifs is 2. The standard InChI is InChI=1S/C23H18FN3O3/c1-13-11-14-8-9-19(21-16(24)6-4-10-25-21)30-20(14)12-18(13)27-22(28)15-5-2-3-7-17(15)26-23(27)29/h2-7,10-12,19H,8-9H2,1H3,(H,26,29). The Morgan fingerprint density at radius 3 is 2.83 bits per heavy atom. The van der Waals surface area contributed by atoms with Crippen LogP contribution in [0.4, 0.5) is 4.39 Å². The van der Waals surface area contributed by atoms with Crippen LogP contribution in [0.2, 0.25) is 0 Å². The molecule has 7 heteroatoms. The summed E-state index contributed by atoms with van der Waals surface area (Å²) < 4.78 is 21.3. The molecule has 5 rings (SSSR count). The number of nitrogens with zero attached hydrogens (tertiary/aromatic N) is 2. The Morgan fingerprint density at radius 1 is 1.17 bits per heavy atom. The van der Waals surface area contributed by atoms with Crippen LogP contribution in [0.1, 0.15) is 29.3 Å². The molecule has 1 aliphatic rings. The van der Waals surface area contributed by atoms with Gasteiger partial charge in [-0.1, -0.05) is 18.2 Å². The highest BCUT2D eigenvalue weighted by Gasteiger charge is 2.26. The summed E-state index contributed by atoms with van der Waals surface area (Å²) in [5, 5.41) is 0.420. The Bertz CT molecular complexity index is 1410. The number of hydrogen-bond donors (Lipinski definition) is 1. The van der Waals surface area contributed by atoms with Crippen molar-refractivity contribution in [2.75, 3.05) is 0 Å². The third-order valence-corrected chi connectivity index (χ3v) is 5.46. The number of rotatable bonds is 2. The van der Waals surface area contributed by atoms with E-state index < -0.39 is 23.2 Å². The lowest BCUT2D eigenvalue weighted by Crippen LogP contribution is -2.34. The fourth-order valence-corrected chi connectivity index (χ4v) is 3.99. The zero-order valence-electron chi connectivity index (χ0n) is 16.2. The van der Waals surface area contributed by atoms with Gasteiger partial charge in [-0.05, 0) is 55.2 Å². The molecule has 4 aromatic rings. The van der Waals surface area contributed by atoms with Gasteiger partial charge in [0.05, 0.1) is 16.6 Å². The number of benzene rings is 2. The fraction of sp³-hybridized carbons (Fsp3) is 0.174. The number of halogens is 1. The molecule has 0 saturated carbocycles. The molecule has 1 N–H and O–H groups in total. The molecule has 0 spiro atoms. The molecule has 2 aromatic carbocycles. The number of aromatic amines is 1. The zero-order valence-corrected chi connectivity index (χ0v) is 16.2. The summed E-state index contributed by atoms with van der Waals surface area (Å²) in [6.45, 7) is 1.85. The van der Waals surface area contributed by atoms with Crippen molar-refractivity contribution in [2.24, 2.45) is 0 Å². The number of H-pyrrole nitrogens is 1. The Kier molecular flexibility index (Phi) is 4.24. The van der Waals surface area contributed by atoms with Crippen molar-refractivity contribution in [1.82, 2.24) is 14.5 Å². The van der Waals surface area contributed by atoms with Crippen LogP contribution in [0.15, 0.2) is 64.3 Å². The molecule has 0 bridgehead atoms. The summed E-state index contributed by atoms with van der Waals surface area (Å²) in [6, 6.07) is 13.4. The van der Waals surface area contributed by atoms with Gasteiger partial charge < -0.3 is 9.72 Å². The van der Waals surface area contributed by atoms with Crippen molar-refractivity contribution in [3.63, 3.8) is 0 Å². The van der Waals surface area contributed by atoms with Crippen molar-refractivity contribution in [3.05, 3.63) is 98.2 Å². The highest BCUT2D eigenvalue weighted by Crippen LogP contribution is 2.37. The fourth-order valence-electron chi connectivity index (χ4n) is 3.99. The second kappa shape index (κ2) is 6.95. The van der Waals surface area contributed by atoms with Gasteiger partial charge in [-0.15, -0.1) is 0 Å². The average Bonchev–Trinajstić information content (AvgIpc) is 2.74. The molecule has 0 saturated heterocycles. The average molecular weight is 403 g/mol. The van der Waals surface area contributed by atoms with Crippen LogP contribution in [0.3, 0.4) is 0 Å². The third kappa shape index (κ3) is 2.90. The first-order valence-corrected chi connectivity index (χ1v) is 9.68. The molecular weight excluding hydrogens is 385 g/mol. The third-order valence-electron chi connectivity index (χ3n) is 5.46. The van der Waals surface area contributed by atoms with Crippen LogP contribution in [-0.4, -0.2) is 14.5 Å². The summed E-state index contributed by atoms with van der Waals surface area (Å²) in [5.74, 6) is 0.108. The second-order valence-corrected chi connectivity index (χ2v) is 7.38. The van der Waals surface area contributed by atoms with Gasteiger partial charge in [0.1, 0.15) is 23.4 Å². The van der Waals surface area contributed by atoms with Crippen LogP contribution in [0.5, 0.6) is 5.75 Å².